The highest BCUT2D eigenvalue weighted by molar-refractivity contribution is 6.31. The summed E-state index contributed by atoms with van der Waals surface area (Å²) in [6.45, 7) is 10.7. The maximum atomic E-state index is 14.3. The van der Waals surface area contributed by atoms with Gasteiger partial charge in [0.1, 0.15) is 6.04 Å². The molecule has 2 unspecified atom stereocenters. The zero-order valence-corrected chi connectivity index (χ0v) is 24.4. The van der Waals surface area contributed by atoms with Gasteiger partial charge in [0.2, 0.25) is 0 Å². The standard InChI is InChI=1S/C30H34Cl2N4O3/c1-16(2)26-24-25(34-36(26)28(19(5)37)30(39)10-12-33-13-11-30)29(38)35(23-15-21(32)7-6-17(23)3)27(24)22-9-8-20(31)14-18(22)4/h6-9,14-16,27-28,33,39H,10-13H2,1-5H3. The highest BCUT2D eigenvalue weighted by atomic mass is 35.5. The van der Waals surface area contributed by atoms with Crippen molar-refractivity contribution in [3.8, 4) is 0 Å². The van der Waals surface area contributed by atoms with Crippen molar-refractivity contribution in [2.45, 2.75) is 71.1 Å². The SMILES string of the molecule is CC(=O)C(n1nc2c(c1C(C)C)C(c1ccc(Cl)cc1C)N(c1cc(Cl)ccc1C)C2=O)C1(O)CCNCC1. The Morgan fingerprint density at radius 2 is 1.72 bits per heavy atom. The Kier molecular flexibility index (Phi) is 7.40. The maximum absolute atomic E-state index is 14.3. The summed E-state index contributed by atoms with van der Waals surface area (Å²) in [6.07, 6.45) is 0.835. The molecule has 1 amide bonds. The van der Waals surface area contributed by atoms with Crippen LogP contribution in [0.5, 0.6) is 0 Å². The first-order chi connectivity index (χ1) is 18.4. The minimum Gasteiger partial charge on any atom is -0.387 e. The van der Waals surface area contributed by atoms with E-state index in [1.807, 2.05) is 52.0 Å². The van der Waals surface area contributed by atoms with Crippen LogP contribution < -0.4 is 10.2 Å². The Bertz CT molecular complexity index is 1460. The third-order valence-electron chi connectivity index (χ3n) is 8.05. The molecule has 1 fully saturated rings. The Morgan fingerprint density at radius 3 is 2.33 bits per heavy atom. The molecule has 2 aliphatic rings. The molecule has 0 aliphatic carbocycles. The molecule has 2 aliphatic heterocycles. The van der Waals surface area contributed by atoms with Crippen LogP contribution in [-0.4, -0.2) is 45.3 Å². The van der Waals surface area contributed by atoms with Gasteiger partial charge in [0.15, 0.2) is 11.5 Å². The monoisotopic (exact) mass is 568 g/mol. The number of hydrogen-bond donors (Lipinski definition) is 2. The molecule has 3 aromatic rings. The van der Waals surface area contributed by atoms with E-state index in [1.165, 1.54) is 6.92 Å². The Hall–Kier alpha value is -2.71. The minimum absolute atomic E-state index is 0.0864. The number of nitrogens with zero attached hydrogens (tertiary/aromatic N) is 3. The molecule has 206 valence electrons. The number of halogens is 2. The van der Waals surface area contributed by atoms with E-state index < -0.39 is 17.7 Å². The number of benzene rings is 2. The molecule has 0 saturated carbocycles. The maximum Gasteiger partial charge on any atom is 0.280 e. The third kappa shape index (κ3) is 4.69. The molecule has 2 aromatic carbocycles. The number of aromatic nitrogens is 2. The van der Waals surface area contributed by atoms with Crippen LogP contribution in [0.3, 0.4) is 0 Å². The summed E-state index contributed by atoms with van der Waals surface area (Å²) in [7, 11) is 0. The van der Waals surface area contributed by atoms with Crippen molar-refractivity contribution >= 4 is 40.6 Å². The summed E-state index contributed by atoms with van der Waals surface area (Å²) in [6, 6.07) is 9.75. The third-order valence-corrected chi connectivity index (χ3v) is 8.52. The second-order valence-electron chi connectivity index (χ2n) is 11.1. The van der Waals surface area contributed by atoms with E-state index in [9.17, 15) is 14.7 Å². The first kappa shape index (κ1) is 27.8. The van der Waals surface area contributed by atoms with Crippen molar-refractivity contribution in [2.24, 2.45) is 0 Å². The lowest BCUT2D eigenvalue weighted by molar-refractivity contribution is -0.131. The van der Waals surface area contributed by atoms with Gasteiger partial charge in [0, 0.05) is 27.0 Å². The number of fused-ring (bicyclic) bond motifs is 1. The smallest absolute Gasteiger partial charge is 0.280 e. The average Bonchev–Trinajstić information content (AvgIpc) is 3.36. The van der Waals surface area contributed by atoms with Crippen molar-refractivity contribution < 1.29 is 14.7 Å². The van der Waals surface area contributed by atoms with Gasteiger partial charge in [-0.05, 0) is 93.6 Å². The molecule has 2 atom stereocenters. The van der Waals surface area contributed by atoms with Crippen LogP contribution in [-0.2, 0) is 4.79 Å². The number of nitrogens with one attached hydrogen (secondary N) is 1. The molecule has 39 heavy (non-hydrogen) atoms. The highest BCUT2D eigenvalue weighted by Crippen LogP contribution is 2.48. The molecule has 9 heteroatoms. The van der Waals surface area contributed by atoms with Crippen LogP contribution in [0.4, 0.5) is 5.69 Å². The van der Waals surface area contributed by atoms with Crippen molar-refractivity contribution in [3.63, 3.8) is 0 Å². The molecule has 7 nitrogen and oxygen atoms in total. The van der Waals surface area contributed by atoms with Crippen LogP contribution in [0.15, 0.2) is 36.4 Å². The molecule has 0 radical (unpaired) electrons. The van der Waals surface area contributed by atoms with Crippen LogP contribution in [0.2, 0.25) is 10.0 Å². The summed E-state index contributed by atoms with van der Waals surface area (Å²) >= 11 is 12.7. The summed E-state index contributed by atoms with van der Waals surface area (Å²) in [5.41, 5.74) is 3.99. The quantitative estimate of drug-likeness (QED) is 0.385. The first-order valence-corrected chi connectivity index (χ1v) is 14.1. The van der Waals surface area contributed by atoms with Gasteiger partial charge in [-0.2, -0.15) is 5.10 Å². The highest BCUT2D eigenvalue weighted by Gasteiger charge is 2.49. The molecule has 3 heterocycles. The van der Waals surface area contributed by atoms with Gasteiger partial charge in [-0.3, -0.25) is 19.2 Å². The number of carbonyl (C=O) groups is 2. The van der Waals surface area contributed by atoms with Crippen molar-refractivity contribution in [2.75, 3.05) is 18.0 Å². The van der Waals surface area contributed by atoms with Crippen LogP contribution in [0, 0.1) is 13.8 Å². The van der Waals surface area contributed by atoms with Crippen molar-refractivity contribution in [3.05, 3.63) is 80.1 Å². The van der Waals surface area contributed by atoms with Crippen LogP contribution in [0.1, 0.15) is 90.1 Å². The fourth-order valence-electron chi connectivity index (χ4n) is 6.26. The van der Waals surface area contributed by atoms with E-state index in [2.05, 4.69) is 5.32 Å². The number of carbonyl (C=O) groups excluding carboxylic acids is 2. The van der Waals surface area contributed by atoms with Gasteiger partial charge in [-0.1, -0.05) is 49.2 Å². The Morgan fingerprint density at radius 1 is 1.08 bits per heavy atom. The van der Waals surface area contributed by atoms with E-state index in [0.717, 1.165) is 27.9 Å². The predicted octanol–water partition coefficient (Wildman–Crippen LogP) is 5.92. The molecule has 1 saturated heterocycles. The Labute approximate surface area is 239 Å². The molecule has 2 N–H and O–H groups in total. The van der Waals surface area contributed by atoms with Gasteiger partial charge in [-0.15, -0.1) is 0 Å². The fraction of sp³-hybridized carbons (Fsp3) is 0.433. The minimum atomic E-state index is -1.27. The topological polar surface area (TPSA) is 87.5 Å². The number of Topliss-reactive ketones (excluding diaryl/α,β-unsaturated/α-hetero) is 1. The van der Waals surface area contributed by atoms with Gasteiger partial charge < -0.3 is 10.4 Å². The second kappa shape index (κ2) is 10.4. The van der Waals surface area contributed by atoms with E-state index in [4.69, 9.17) is 28.3 Å². The number of aryl methyl sites for hydroxylation is 2. The molecule has 1 aromatic heterocycles. The summed E-state index contributed by atoms with van der Waals surface area (Å²) in [5.74, 6) is -0.539. The van der Waals surface area contributed by atoms with Crippen molar-refractivity contribution in [1.29, 1.82) is 0 Å². The normalized spacial score (nSPS) is 19.5. The second-order valence-corrected chi connectivity index (χ2v) is 12.0. The number of anilines is 1. The van der Waals surface area contributed by atoms with E-state index in [0.29, 0.717) is 47.4 Å². The summed E-state index contributed by atoms with van der Waals surface area (Å²) < 4.78 is 1.65. The molecule has 0 spiro atoms. The number of aliphatic hydroxyl groups is 1. The molecule has 5 rings (SSSR count). The van der Waals surface area contributed by atoms with Crippen molar-refractivity contribution in [1.82, 2.24) is 15.1 Å². The number of rotatable bonds is 6. The molecule has 0 bridgehead atoms. The number of hydrogen-bond acceptors (Lipinski definition) is 5. The zero-order chi connectivity index (χ0) is 28.2. The number of ketones is 1. The molecular weight excluding hydrogens is 535 g/mol. The predicted molar refractivity (Wildman–Crippen MR) is 154 cm³/mol. The first-order valence-electron chi connectivity index (χ1n) is 13.4. The average molecular weight is 570 g/mol. The van der Waals surface area contributed by atoms with Crippen LogP contribution >= 0.6 is 23.2 Å². The van der Waals surface area contributed by atoms with E-state index in [-0.39, 0.29) is 17.6 Å². The van der Waals surface area contributed by atoms with Gasteiger partial charge >= 0.3 is 0 Å². The van der Waals surface area contributed by atoms with E-state index >= 15 is 0 Å². The van der Waals surface area contributed by atoms with Gasteiger partial charge in [-0.25, -0.2) is 0 Å². The largest absolute Gasteiger partial charge is 0.387 e. The zero-order valence-electron chi connectivity index (χ0n) is 22.9. The number of amides is 1. The lowest BCUT2D eigenvalue weighted by Gasteiger charge is -2.39. The Balaban J connectivity index is 1.79. The summed E-state index contributed by atoms with van der Waals surface area (Å²) in [5, 5.41) is 21.0. The summed E-state index contributed by atoms with van der Waals surface area (Å²) in [4.78, 5) is 29.2. The fourth-order valence-corrected chi connectivity index (χ4v) is 6.66. The number of piperidine rings is 1. The lowest BCUT2D eigenvalue weighted by Crippen LogP contribution is -2.51. The molecular formula is C30H34Cl2N4O3. The van der Waals surface area contributed by atoms with E-state index in [1.54, 1.807) is 21.7 Å². The van der Waals surface area contributed by atoms with Gasteiger partial charge in [0.25, 0.3) is 5.91 Å². The lowest BCUT2D eigenvalue weighted by atomic mass is 9.82. The van der Waals surface area contributed by atoms with Gasteiger partial charge in [0.05, 0.1) is 11.6 Å². The van der Waals surface area contributed by atoms with Crippen LogP contribution in [0.25, 0.3) is 0 Å².